The zero-order valence-corrected chi connectivity index (χ0v) is 13.9. The minimum atomic E-state index is 0.544. The Morgan fingerprint density at radius 3 is 1.58 bits per heavy atom. The van der Waals surface area contributed by atoms with E-state index in [1.807, 2.05) is 0 Å². The van der Waals surface area contributed by atoms with Crippen LogP contribution >= 0.6 is 0 Å². The van der Waals surface area contributed by atoms with Crippen LogP contribution in [0.2, 0.25) is 0 Å². The van der Waals surface area contributed by atoms with Crippen LogP contribution in [0.4, 0.5) is 0 Å². The molecule has 0 N–H and O–H groups in total. The van der Waals surface area contributed by atoms with Gasteiger partial charge in [0.25, 0.3) is 0 Å². The summed E-state index contributed by atoms with van der Waals surface area (Å²) < 4.78 is 6.00. The predicted molar refractivity (Wildman–Crippen MR) is 86.8 cm³/mol. The van der Waals surface area contributed by atoms with Gasteiger partial charge in [0, 0.05) is 6.61 Å². The van der Waals surface area contributed by atoms with E-state index in [4.69, 9.17) is 4.74 Å². The van der Waals surface area contributed by atoms with Gasteiger partial charge in [-0.25, -0.2) is 0 Å². The summed E-state index contributed by atoms with van der Waals surface area (Å²) in [5, 5.41) is 0. The maximum atomic E-state index is 6.00. The van der Waals surface area contributed by atoms with Crippen LogP contribution in [0.15, 0.2) is 0 Å². The molecule has 0 aliphatic carbocycles. The van der Waals surface area contributed by atoms with Crippen molar-refractivity contribution in [2.45, 2.75) is 110 Å². The van der Waals surface area contributed by atoms with Gasteiger partial charge in [0.2, 0.25) is 0 Å². The van der Waals surface area contributed by atoms with Crippen LogP contribution in [-0.2, 0) is 4.74 Å². The van der Waals surface area contributed by atoms with Crippen LogP contribution in [0.25, 0.3) is 0 Å². The summed E-state index contributed by atoms with van der Waals surface area (Å²) in [6.07, 6.45) is 18.1. The Morgan fingerprint density at radius 1 is 0.579 bits per heavy atom. The fraction of sp³-hybridized carbons (Fsp3) is 1.00. The second-order valence-electron chi connectivity index (χ2n) is 5.90. The highest BCUT2D eigenvalue weighted by Crippen LogP contribution is 2.16. The van der Waals surface area contributed by atoms with Gasteiger partial charge in [0.15, 0.2) is 0 Å². The van der Waals surface area contributed by atoms with Gasteiger partial charge < -0.3 is 4.74 Å². The van der Waals surface area contributed by atoms with Crippen LogP contribution in [-0.4, -0.2) is 12.7 Å². The Bertz CT molecular complexity index is 156. The van der Waals surface area contributed by atoms with E-state index >= 15 is 0 Å². The largest absolute Gasteiger partial charge is 0.378 e. The molecule has 0 aromatic heterocycles. The second kappa shape index (κ2) is 16.0. The molecule has 0 saturated heterocycles. The van der Waals surface area contributed by atoms with Gasteiger partial charge in [-0.3, -0.25) is 0 Å². The smallest absolute Gasteiger partial charge is 0.0575 e. The Labute approximate surface area is 122 Å². The van der Waals surface area contributed by atoms with Crippen molar-refractivity contribution in [2.75, 3.05) is 6.61 Å². The summed E-state index contributed by atoms with van der Waals surface area (Å²) in [6, 6.07) is 0. The molecular formula is C18H38O. The lowest BCUT2D eigenvalue weighted by molar-refractivity contribution is 0.0385. The highest BCUT2D eigenvalue weighted by Gasteiger charge is 2.08. The second-order valence-corrected chi connectivity index (χ2v) is 5.90. The molecule has 0 aromatic rings. The first kappa shape index (κ1) is 19.0. The quantitative estimate of drug-likeness (QED) is 0.308. The lowest BCUT2D eigenvalue weighted by Gasteiger charge is -2.17. The molecule has 0 amide bonds. The number of unbranched alkanes of at least 4 members (excludes halogenated alkanes) is 8. The number of rotatable bonds is 15. The molecule has 19 heavy (non-hydrogen) atoms. The minimum Gasteiger partial charge on any atom is -0.378 e. The van der Waals surface area contributed by atoms with Gasteiger partial charge in [0.1, 0.15) is 0 Å². The van der Waals surface area contributed by atoms with E-state index < -0.39 is 0 Å². The van der Waals surface area contributed by atoms with Crippen molar-refractivity contribution in [3.63, 3.8) is 0 Å². The standard InChI is InChI=1S/C18H38O/c1-4-7-9-11-12-14-16-18(19-17-6-3)15-13-10-8-5-2/h18H,4-17H2,1-3H3. The summed E-state index contributed by atoms with van der Waals surface area (Å²) >= 11 is 0. The Morgan fingerprint density at radius 2 is 1.05 bits per heavy atom. The highest BCUT2D eigenvalue weighted by atomic mass is 16.5. The molecule has 0 fully saturated rings. The molecule has 1 heteroatoms. The molecule has 0 heterocycles. The first-order chi connectivity index (χ1) is 9.35. The molecule has 0 aromatic carbocycles. The van der Waals surface area contributed by atoms with Gasteiger partial charge in [-0.2, -0.15) is 0 Å². The first-order valence-electron chi connectivity index (χ1n) is 8.96. The Balaban J connectivity index is 3.55. The van der Waals surface area contributed by atoms with Crippen LogP contribution in [0, 0.1) is 0 Å². The summed E-state index contributed by atoms with van der Waals surface area (Å²) in [5.41, 5.74) is 0. The molecule has 0 aliphatic heterocycles. The van der Waals surface area contributed by atoms with E-state index in [1.54, 1.807) is 0 Å². The van der Waals surface area contributed by atoms with E-state index in [1.165, 1.54) is 77.0 Å². The van der Waals surface area contributed by atoms with Crippen molar-refractivity contribution in [3.8, 4) is 0 Å². The van der Waals surface area contributed by atoms with E-state index in [2.05, 4.69) is 20.8 Å². The third kappa shape index (κ3) is 14.2. The first-order valence-corrected chi connectivity index (χ1v) is 8.96. The van der Waals surface area contributed by atoms with Crippen molar-refractivity contribution in [1.29, 1.82) is 0 Å². The number of hydrogen-bond donors (Lipinski definition) is 0. The zero-order chi connectivity index (χ0) is 14.2. The SMILES string of the molecule is CCCCCCCCC(CCCCCC)OCCC. The monoisotopic (exact) mass is 270 g/mol. The van der Waals surface area contributed by atoms with Gasteiger partial charge in [0.05, 0.1) is 6.10 Å². The van der Waals surface area contributed by atoms with Crippen LogP contribution in [0.5, 0.6) is 0 Å². The average molecular weight is 271 g/mol. The normalized spacial score (nSPS) is 12.8. The predicted octanol–water partition coefficient (Wildman–Crippen LogP) is 6.50. The zero-order valence-electron chi connectivity index (χ0n) is 13.9. The van der Waals surface area contributed by atoms with E-state index in [9.17, 15) is 0 Å². The molecule has 1 unspecified atom stereocenters. The summed E-state index contributed by atoms with van der Waals surface area (Å²) in [4.78, 5) is 0. The van der Waals surface area contributed by atoms with Gasteiger partial charge in [-0.15, -0.1) is 0 Å². The van der Waals surface area contributed by atoms with Crippen LogP contribution in [0.1, 0.15) is 104 Å². The van der Waals surface area contributed by atoms with Crippen molar-refractivity contribution < 1.29 is 4.74 Å². The molecule has 1 nitrogen and oxygen atoms in total. The number of hydrogen-bond acceptors (Lipinski definition) is 1. The van der Waals surface area contributed by atoms with Crippen molar-refractivity contribution >= 4 is 0 Å². The molecule has 0 saturated carbocycles. The molecule has 0 aliphatic rings. The fourth-order valence-electron chi connectivity index (χ4n) is 2.55. The molecule has 0 bridgehead atoms. The van der Waals surface area contributed by atoms with E-state index in [0.717, 1.165) is 13.0 Å². The van der Waals surface area contributed by atoms with Crippen molar-refractivity contribution in [3.05, 3.63) is 0 Å². The molecular weight excluding hydrogens is 232 g/mol. The number of ether oxygens (including phenoxy) is 1. The lowest BCUT2D eigenvalue weighted by Crippen LogP contribution is -2.13. The highest BCUT2D eigenvalue weighted by molar-refractivity contribution is 4.60. The Kier molecular flexibility index (Phi) is 16.0. The molecule has 1 atom stereocenters. The molecule has 116 valence electrons. The van der Waals surface area contributed by atoms with E-state index in [0.29, 0.717) is 6.10 Å². The third-order valence-electron chi connectivity index (χ3n) is 3.82. The summed E-state index contributed by atoms with van der Waals surface area (Å²) in [5.74, 6) is 0. The van der Waals surface area contributed by atoms with Gasteiger partial charge in [-0.1, -0.05) is 85.0 Å². The van der Waals surface area contributed by atoms with Crippen molar-refractivity contribution in [1.82, 2.24) is 0 Å². The maximum Gasteiger partial charge on any atom is 0.0575 e. The van der Waals surface area contributed by atoms with Crippen molar-refractivity contribution in [2.24, 2.45) is 0 Å². The van der Waals surface area contributed by atoms with Crippen LogP contribution < -0.4 is 0 Å². The summed E-state index contributed by atoms with van der Waals surface area (Å²) in [7, 11) is 0. The third-order valence-corrected chi connectivity index (χ3v) is 3.82. The van der Waals surface area contributed by atoms with Gasteiger partial charge >= 0.3 is 0 Å². The molecule has 0 rings (SSSR count). The fourth-order valence-corrected chi connectivity index (χ4v) is 2.55. The van der Waals surface area contributed by atoms with E-state index in [-0.39, 0.29) is 0 Å². The van der Waals surface area contributed by atoms with Gasteiger partial charge in [-0.05, 0) is 19.3 Å². The topological polar surface area (TPSA) is 9.23 Å². The van der Waals surface area contributed by atoms with Crippen LogP contribution in [0.3, 0.4) is 0 Å². The molecule has 0 radical (unpaired) electrons. The maximum absolute atomic E-state index is 6.00. The minimum absolute atomic E-state index is 0.544. The molecule has 0 spiro atoms. The lowest BCUT2D eigenvalue weighted by atomic mass is 10.0. The Hall–Kier alpha value is -0.0400. The summed E-state index contributed by atoms with van der Waals surface area (Å²) in [6.45, 7) is 7.72. The average Bonchev–Trinajstić information content (AvgIpc) is 2.43.